The minimum absolute atomic E-state index is 0.742. The zero-order valence-electron chi connectivity index (χ0n) is 15.8. The van der Waals surface area contributed by atoms with Crippen LogP contribution in [0.5, 0.6) is 0 Å². The number of hydrogen-bond acceptors (Lipinski definition) is 8. The van der Waals surface area contributed by atoms with Crippen molar-refractivity contribution >= 4 is 28.0 Å². The number of hydrogen-bond donors (Lipinski definition) is 2. The highest BCUT2D eigenvalue weighted by molar-refractivity contribution is 7.16. The second-order valence-corrected chi connectivity index (χ2v) is 8.04. The number of anilines is 3. The van der Waals surface area contributed by atoms with Gasteiger partial charge in [0.05, 0.1) is 54.8 Å². The first-order valence-corrected chi connectivity index (χ1v) is 10.4. The molecule has 5 rings (SSSR count). The highest BCUT2D eigenvalue weighted by atomic mass is 32.1. The Hall–Kier alpha value is -2.65. The summed E-state index contributed by atoms with van der Waals surface area (Å²) in [6.07, 6.45) is 4.81. The summed E-state index contributed by atoms with van der Waals surface area (Å²) < 4.78 is 5.43. The quantitative estimate of drug-likeness (QED) is 0.699. The molecule has 0 unspecified atom stereocenters. The second kappa shape index (κ2) is 7.40. The third-order valence-electron chi connectivity index (χ3n) is 5.25. The van der Waals surface area contributed by atoms with Crippen LogP contribution in [0.3, 0.4) is 0 Å². The van der Waals surface area contributed by atoms with E-state index >= 15 is 0 Å². The van der Waals surface area contributed by atoms with Crippen LogP contribution in [0.1, 0.15) is 10.6 Å². The normalized spacial score (nSPS) is 16.5. The molecular formula is C19H23N7OS. The van der Waals surface area contributed by atoms with Crippen LogP contribution in [0.4, 0.5) is 16.6 Å². The fraction of sp³-hybridized carbons (Fsp3) is 0.421. The summed E-state index contributed by atoms with van der Waals surface area (Å²) in [5.41, 5.74) is 4.31. The zero-order chi connectivity index (χ0) is 18.9. The van der Waals surface area contributed by atoms with Gasteiger partial charge in [-0.1, -0.05) is 0 Å². The van der Waals surface area contributed by atoms with Crippen molar-refractivity contribution in [2.45, 2.75) is 13.0 Å². The van der Waals surface area contributed by atoms with Gasteiger partial charge in [0.25, 0.3) is 0 Å². The van der Waals surface area contributed by atoms with Crippen molar-refractivity contribution in [2.75, 3.05) is 55.0 Å². The SMILES string of the molecule is CNc1nc2c(s1)CCN(Cc1ccc(N3CCOCC3)cn1)c1[nH]ncc1-2. The maximum Gasteiger partial charge on any atom is 0.183 e. The predicted molar refractivity (Wildman–Crippen MR) is 111 cm³/mol. The van der Waals surface area contributed by atoms with Crippen molar-refractivity contribution in [3.05, 3.63) is 35.1 Å². The van der Waals surface area contributed by atoms with E-state index in [1.54, 1.807) is 11.3 Å². The summed E-state index contributed by atoms with van der Waals surface area (Å²) in [6, 6.07) is 4.29. The predicted octanol–water partition coefficient (Wildman–Crippen LogP) is 2.37. The van der Waals surface area contributed by atoms with E-state index < -0.39 is 0 Å². The molecule has 8 nitrogen and oxygen atoms in total. The van der Waals surface area contributed by atoms with Gasteiger partial charge in [-0.3, -0.25) is 10.1 Å². The van der Waals surface area contributed by atoms with Crippen molar-refractivity contribution < 1.29 is 4.74 Å². The first kappa shape index (κ1) is 17.4. The lowest BCUT2D eigenvalue weighted by atomic mass is 10.2. The van der Waals surface area contributed by atoms with Crippen molar-refractivity contribution in [2.24, 2.45) is 0 Å². The number of nitrogens with zero attached hydrogens (tertiary/aromatic N) is 5. The highest BCUT2D eigenvalue weighted by Crippen LogP contribution is 2.38. The molecule has 2 aliphatic rings. The average molecular weight is 398 g/mol. The van der Waals surface area contributed by atoms with Gasteiger partial charge in [-0.15, -0.1) is 11.3 Å². The molecular weight excluding hydrogens is 374 g/mol. The van der Waals surface area contributed by atoms with Crippen molar-refractivity contribution in [1.82, 2.24) is 20.2 Å². The van der Waals surface area contributed by atoms with E-state index in [4.69, 9.17) is 14.7 Å². The maximum atomic E-state index is 5.43. The van der Waals surface area contributed by atoms with E-state index in [9.17, 15) is 0 Å². The van der Waals surface area contributed by atoms with Gasteiger partial charge in [-0.25, -0.2) is 4.98 Å². The summed E-state index contributed by atoms with van der Waals surface area (Å²) in [7, 11) is 1.91. The first-order chi connectivity index (χ1) is 13.8. The Bertz CT molecular complexity index is 946. The lowest BCUT2D eigenvalue weighted by Gasteiger charge is -2.28. The molecule has 1 saturated heterocycles. The minimum atomic E-state index is 0.742. The Morgan fingerprint density at radius 1 is 1.21 bits per heavy atom. The molecule has 0 aromatic carbocycles. The molecule has 3 aromatic rings. The lowest BCUT2D eigenvalue weighted by molar-refractivity contribution is 0.122. The summed E-state index contributed by atoms with van der Waals surface area (Å²) >= 11 is 1.72. The van der Waals surface area contributed by atoms with Crippen LogP contribution in [0.25, 0.3) is 11.3 Å². The molecule has 146 valence electrons. The number of aromatic amines is 1. The van der Waals surface area contributed by atoms with E-state index in [-0.39, 0.29) is 0 Å². The van der Waals surface area contributed by atoms with E-state index in [0.29, 0.717) is 0 Å². The molecule has 0 amide bonds. The molecule has 0 atom stereocenters. The van der Waals surface area contributed by atoms with Gasteiger partial charge in [-0.05, 0) is 12.1 Å². The van der Waals surface area contributed by atoms with Crippen LogP contribution >= 0.6 is 11.3 Å². The molecule has 28 heavy (non-hydrogen) atoms. The van der Waals surface area contributed by atoms with E-state index in [1.807, 2.05) is 19.4 Å². The zero-order valence-corrected chi connectivity index (χ0v) is 16.6. The van der Waals surface area contributed by atoms with Gasteiger partial charge in [-0.2, -0.15) is 5.10 Å². The van der Waals surface area contributed by atoms with Crippen LogP contribution in [0, 0.1) is 0 Å². The van der Waals surface area contributed by atoms with Crippen molar-refractivity contribution in [1.29, 1.82) is 0 Å². The smallest absolute Gasteiger partial charge is 0.183 e. The Morgan fingerprint density at radius 3 is 2.89 bits per heavy atom. The van der Waals surface area contributed by atoms with Crippen LogP contribution in [0.15, 0.2) is 24.5 Å². The molecule has 2 N–H and O–H groups in total. The molecule has 2 aliphatic heterocycles. The Morgan fingerprint density at radius 2 is 2.11 bits per heavy atom. The standard InChI is InChI=1S/C19H23N7OS/c1-20-19-23-17-15-11-22-24-18(15)26(5-4-16(17)28-19)12-13-2-3-14(10-21-13)25-6-8-27-9-7-25/h2-3,10-11H,4-9,12H2,1H3,(H,20,23)(H,22,24). The molecule has 0 bridgehead atoms. The van der Waals surface area contributed by atoms with Crippen molar-refractivity contribution in [3.63, 3.8) is 0 Å². The van der Waals surface area contributed by atoms with Gasteiger partial charge in [0.15, 0.2) is 5.13 Å². The van der Waals surface area contributed by atoms with E-state index in [1.165, 1.54) is 4.88 Å². The number of rotatable bonds is 4. The Balaban J connectivity index is 1.36. The summed E-state index contributed by atoms with van der Waals surface area (Å²) in [4.78, 5) is 15.4. The molecule has 1 fully saturated rings. The molecule has 0 saturated carbocycles. The summed E-state index contributed by atoms with van der Waals surface area (Å²) in [5.74, 6) is 1.02. The van der Waals surface area contributed by atoms with Crippen LogP contribution < -0.4 is 15.1 Å². The van der Waals surface area contributed by atoms with Gasteiger partial charge in [0.1, 0.15) is 5.82 Å². The largest absolute Gasteiger partial charge is 0.378 e. The maximum absolute atomic E-state index is 5.43. The Kier molecular flexibility index (Phi) is 4.61. The number of ether oxygens (including phenoxy) is 1. The molecule has 3 aromatic heterocycles. The minimum Gasteiger partial charge on any atom is -0.378 e. The second-order valence-electron chi connectivity index (χ2n) is 6.95. The lowest BCUT2D eigenvalue weighted by Crippen LogP contribution is -2.36. The van der Waals surface area contributed by atoms with Crippen LogP contribution in [0.2, 0.25) is 0 Å². The van der Waals surface area contributed by atoms with Crippen molar-refractivity contribution in [3.8, 4) is 11.3 Å². The first-order valence-electron chi connectivity index (χ1n) is 9.55. The molecule has 9 heteroatoms. The third-order valence-corrected chi connectivity index (χ3v) is 6.38. The molecule has 0 radical (unpaired) electrons. The van der Waals surface area contributed by atoms with Crippen LogP contribution in [-0.4, -0.2) is 60.1 Å². The summed E-state index contributed by atoms with van der Waals surface area (Å²) in [5, 5.41) is 11.6. The molecule has 5 heterocycles. The average Bonchev–Trinajstić information content (AvgIpc) is 3.36. The fourth-order valence-corrected chi connectivity index (χ4v) is 4.67. The number of fused-ring (bicyclic) bond motifs is 3. The number of pyridine rings is 1. The monoisotopic (exact) mass is 397 g/mol. The number of morpholine rings is 1. The molecule has 0 aliphatic carbocycles. The fourth-order valence-electron chi connectivity index (χ4n) is 3.75. The van der Waals surface area contributed by atoms with Gasteiger partial charge >= 0.3 is 0 Å². The van der Waals surface area contributed by atoms with E-state index in [2.05, 4.69) is 37.4 Å². The number of H-pyrrole nitrogens is 1. The number of thiazole rings is 1. The topological polar surface area (TPSA) is 82.2 Å². The van der Waals surface area contributed by atoms with Gasteiger partial charge in [0.2, 0.25) is 0 Å². The number of nitrogens with one attached hydrogen (secondary N) is 2. The molecule has 0 spiro atoms. The number of aromatic nitrogens is 4. The van der Waals surface area contributed by atoms with E-state index in [0.717, 1.165) is 79.4 Å². The third kappa shape index (κ3) is 3.20. The highest BCUT2D eigenvalue weighted by Gasteiger charge is 2.25. The van der Waals surface area contributed by atoms with Crippen LogP contribution in [-0.2, 0) is 17.7 Å². The van der Waals surface area contributed by atoms with Gasteiger partial charge < -0.3 is 19.9 Å². The van der Waals surface area contributed by atoms with Gasteiger partial charge in [0, 0.05) is 38.0 Å². The Labute approximate surface area is 167 Å². The summed E-state index contributed by atoms with van der Waals surface area (Å²) in [6.45, 7) is 5.06.